The predicted molar refractivity (Wildman–Crippen MR) is 53.8 cm³/mol. The van der Waals surface area contributed by atoms with Crippen LogP contribution in [-0.2, 0) is 9.53 Å². The molecule has 0 saturated heterocycles. The quantitative estimate of drug-likeness (QED) is 0.799. The molecule has 17 heavy (non-hydrogen) atoms. The van der Waals surface area contributed by atoms with Crippen molar-refractivity contribution in [2.24, 2.45) is 5.92 Å². The molecule has 98 valence electrons. The number of hydrogen-bond acceptors (Lipinski definition) is 3. The van der Waals surface area contributed by atoms with Gasteiger partial charge in [0.15, 0.2) is 0 Å². The summed E-state index contributed by atoms with van der Waals surface area (Å²) < 4.78 is 29.6. The van der Waals surface area contributed by atoms with E-state index < -0.39 is 35.5 Å². The molecule has 2 atom stereocenters. The molecule has 1 unspecified atom stereocenters. The molecule has 0 aromatic rings. The molecule has 0 aliphatic heterocycles. The van der Waals surface area contributed by atoms with E-state index in [0.717, 1.165) is 0 Å². The van der Waals surface area contributed by atoms with Crippen LogP contribution < -0.4 is 5.32 Å². The number of alkyl halides is 2. The Bertz CT molecular complexity index is 340. The van der Waals surface area contributed by atoms with Crippen LogP contribution in [0.25, 0.3) is 0 Å². The second-order valence-electron chi connectivity index (χ2n) is 5.05. The molecule has 0 radical (unpaired) electrons. The summed E-state index contributed by atoms with van der Waals surface area (Å²) >= 11 is 0. The van der Waals surface area contributed by atoms with Crippen LogP contribution in [0.1, 0.15) is 27.2 Å². The molecule has 0 aromatic heterocycles. The molecule has 1 amide bonds. The first-order chi connectivity index (χ1) is 7.58. The van der Waals surface area contributed by atoms with E-state index in [-0.39, 0.29) is 6.42 Å². The van der Waals surface area contributed by atoms with Crippen molar-refractivity contribution in [3.63, 3.8) is 0 Å². The Morgan fingerprint density at radius 1 is 1.47 bits per heavy atom. The third kappa shape index (κ3) is 3.04. The van der Waals surface area contributed by atoms with Crippen LogP contribution in [0, 0.1) is 5.92 Å². The third-order valence-electron chi connectivity index (χ3n) is 2.42. The fourth-order valence-corrected chi connectivity index (χ4v) is 1.52. The third-order valence-corrected chi connectivity index (χ3v) is 2.42. The number of amides is 1. The maximum absolute atomic E-state index is 12.4. The average Bonchev–Trinajstić information content (AvgIpc) is 2.76. The Kier molecular flexibility index (Phi) is 3.31. The second kappa shape index (κ2) is 4.12. The summed E-state index contributed by atoms with van der Waals surface area (Å²) in [6, 6.07) is 0. The number of rotatable bonds is 3. The monoisotopic (exact) mass is 251 g/mol. The number of nitrogens with one attached hydrogen (secondary N) is 1. The summed E-state index contributed by atoms with van der Waals surface area (Å²) in [6.45, 7) is 4.78. The number of ether oxygens (including phenoxy) is 1. The highest BCUT2D eigenvalue weighted by atomic mass is 19.3. The van der Waals surface area contributed by atoms with Gasteiger partial charge in [0.25, 0.3) is 0 Å². The molecular weight excluding hydrogens is 236 g/mol. The van der Waals surface area contributed by atoms with Crippen LogP contribution >= 0.6 is 0 Å². The van der Waals surface area contributed by atoms with Crippen LogP contribution in [0.5, 0.6) is 0 Å². The van der Waals surface area contributed by atoms with Gasteiger partial charge in [-0.2, -0.15) is 0 Å². The van der Waals surface area contributed by atoms with Gasteiger partial charge in [0, 0.05) is 0 Å². The van der Waals surface area contributed by atoms with E-state index in [0.29, 0.717) is 0 Å². The summed E-state index contributed by atoms with van der Waals surface area (Å²) in [7, 11) is 0. The van der Waals surface area contributed by atoms with Gasteiger partial charge in [-0.25, -0.2) is 18.4 Å². The normalized spacial score (nSPS) is 27.8. The molecule has 5 nitrogen and oxygen atoms in total. The standard InChI is InChI=1S/C10H15F2NO4/c1-9(2,3)17-8(16)13-10(7(14)15)4-5(10)6(11)12/h5-6H,4H2,1-3H3,(H,13,16)(H,14,15)/t5?,10-/m1/s1. The lowest BCUT2D eigenvalue weighted by molar-refractivity contribution is -0.142. The Morgan fingerprint density at radius 2 is 2.00 bits per heavy atom. The SMILES string of the molecule is CC(C)(C)OC(=O)N[C@]1(C(=O)O)CC1C(F)F. The Labute approximate surface area is 97.1 Å². The van der Waals surface area contributed by atoms with Gasteiger partial charge in [-0.3, -0.25) is 0 Å². The summed E-state index contributed by atoms with van der Waals surface area (Å²) in [5.74, 6) is -2.82. The van der Waals surface area contributed by atoms with Crippen molar-refractivity contribution in [2.75, 3.05) is 0 Å². The van der Waals surface area contributed by atoms with Gasteiger partial charge in [0.1, 0.15) is 11.1 Å². The zero-order valence-electron chi connectivity index (χ0n) is 9.79. The highest BCUT2D eigenvalue weighted by Crippen LogP contribution is 2.47. The number of aliphatic carboxylic acids is 1. The molecule has 1 aliphatic rings. The molecule has 0 spiro atoms. The van der Waals surface area contributed by atoms with E-state index in [1.54, 1.807) is 20.8 Å². The van der Waals surface area contributed by atoms with Crippen molar-refractivity contribution < 1.29 is 28.2 Å². The maximum Gasteiger partial charge on any atom is 0.408 e. The van der Waals surface area contributed by atoms with Crippen molar-refractivity contribution in [3.05, 3.63) is 0 Å². The van der Waals surface area contributed by atoms with Crippen LogP contribution in [0.2, 0.25) is 0 Å². The molecule has 0 bridgehead atoms. The van der Waals surface area contributed by atoms with Gasteiger partial charge in [0.05, 0.1) is 5.92 Å². The highest BCUT2D eigenvalue weighted by Gasteiger charge is 2.66. The number of hydrogen-bond donors (Lipinski definition) is 2. The number of carbonyl (C=O) groups excluding carboxylic acids is 1. The summed E-state index contributed by atoms with van der Waals surface area (Å²) in [5.41, 5.74) is -2.69. The smallest absolute Gasteiger partial charge is 0.408 e. The van der Waals surface area contributed by atoms with Crippen molar-refractivity contribution in [1.29, 1.82) is 0 Å². The summed E-state index contributed by atoms with van der Waals surface area (Å²) in [4.78, 5) is 22.2. The predicted octanol–water partition coefficient (Wildman–Crippen LogP) is 1.62. The largest absolute Gasteiger partial charge is 0.479 e. The summed E-state index contributed by atoms with van der Waals surface area (Å²) in [6.07, 6.45) is -4.05. The molecule has 1 fully saturated rings. The average molecular weight is 251 g/mol. The van der Waals surface area contributed by atoms with Crippen molar-refractivity contribution in [2.45, 2.75) is 44.8 Å². The van der Waals surface area contributed by atoms with E-state index in [2.05, 4.69) is 0 Å². The second-order valence-corrected chi connectivity index (χ2v) is 5.05. The Hall–Kier alpha value is -1.40. The zero-order valence-corrected chi connectivity index (χ0v) is 9.79. The number of carbonyl (C=O) groups is 2. The topological polar surface area (TPSA) is 75.6 Å². The minimum Gasteiger partial charge on any atom is -0.479 e. The first-order valence-electron chi connectivity index (χ1n) is 5.11. The number of halogens is 2. The van der Waals surface area contributed by atoms with E-state index in [1.165, 1.54) is 0 Å². The van der Waals surface area contributed by atoms with E-state index in [1.807, 2.05) is 5.32 Å². The minimum atomic E-state index is -2.78. The first-order valence-corrected chi connectivity index (χ1v) is 5.11. The lowest BCUT2D eigenvalue weighted by atomic mass is 10.2. The Balaban J connectivity index is 2.66. The molecule has 2 N–H and O–H groups in total. The van der Waals surface area contributed by atoms with Gasteiger partial charge in [0.2, 0.25) is 6.43 Å². The lowest BCUT2D eigenvalue weighted by Crippen LogP contribution is -2.47. The fraction of sp³-hybridized carbons (Fsp3) is 0.800. The van der Waals surface area contributed by atoms with Gasteiger partial charge >= 0.3 is 12.1 Å². The molecular formula is C10H15F2NO4. The van der Waals surface area contributed by atoms with Crippen molar-refractivity contribution >= 4 is 12.1 Å². The molecule has 0 aromatic carbocycles. The summed E-state index contributed by atoms with van der Waals surface area (Å²) in [5, 5.41) is 10.9. The first kappa shape index (κ1) is 13.7. The molecule has 7 heteroatoms. The Morgan fingerprint density at radius 3 is 2.29 bits per heavy atom. The molecule has 1 rings (SSSR count). The van der Waals surface area contributed by atoms with E-state index >= 15 is 0 Å². The lowest BCUT2D eigenvalue weighted by Gasteiger charge is -2.22. The van der Waals surface area contributed by atoms with Crippen molar-refractivity contribution in [3.8, 4) is 0 Å². The zero-order chi connectivity index (χ0) is 13.4. The molecule has 1 aliphatic carbocycles. The van der Waals surface area contributed by atoms with Crippen LogP contribution in [-0.4, -0.2) is 34.7 Å². The van der Waals surface area contributed by atoms with Crippen LogP contribution in [0.4, 0.5) is 13.6 Å². The minimum absolute atomic E-state index is 0.279. The number of carboxylic acid groups (broad SMARTS) is 1. The fourth-order valence-electron chi connectivity index (χ4n) is 1.52. The number of alkyl carbamates (subject to hydrolysis) is 1. The van der Waals surface area contributed by atoms with Gasteiger partial charge in [-0.1, -0.05) is 0 Å². The van der Waals surface area contributed by atoms with E-state index in [9.17, 15) is 18.4 Å². The van der Waals surface area contributed by atoms with E-state index in [4.69, 9.17) is 9.84 Å². The van der Waals surface area contributed by atoms with Crippen molar-refractivity contribution in [1.82, 2.24) is 5.32 Å². The van der Waals surface area contributed by atoms with Gasteiger partial charge < -0.3 is 15.2 Å². The van der Waals surface area contributed by atoms with Gasteiger partial charge in [-0.05, 0) is 27.2 Å². The highest BCUT2D eigenvalue weighted by molar-refractivity contribution is 5.88. The van der Waals surface area contributed by atoms with Crippen LogP contribution in [0.3, 0.4) is 0 Å². The number of carboxylic acids is 1. The molecule has 0 heterocycles. The van der Waals surface area contributed by atoms with Crippen LogP contribution in [0.15, 0.2) is 0 Å². The maximum atomic E-state index is 12.4. The molecule has 1 saturated carbocycles. The van der Waals surface area contributed by atoms with Gasteiger partial charge in [-0.15, -0.1) is 0 Å².